The second-order valence-electron chi connectivity index (χ2n) is 7.66. The van der Waals surface area contributed by atoms with Crippen molar-refractivity contribution in [2.45, 2.75) is 26.7 Å². The highest BCUT2D eigenvalue weighted by Crippen LogP contribution is 2.41. The second kappa shape index (κ2) is 6.95. The number of halogens is 2. The smallest absolute Gasteiger partial charge is 0.267 e. The topological polar surface area (TPSA) is 59.6 Å². The summed E-state index contributed by atoms with van der Waals surface area (Å²) in [7, 11) is 0. The van der Waals surface area contributed by atoms with Crippen molar-refractivity contribution in [1.82, 2.24) is 9.78 Å². The van der Waals surface area contributed by atoms with E-state index in [1.807, 2.05) is 0 Å². The molecule has 142 valence electrons. The van der Waals surface area contributed by atoms with Crippen LogP contribution in [0.4, 0.5) is 15.8 Å². The minimum atomic E-state index is -0.389. The van der Waals surface area contributed by atoms with E-state index in [1.54, 1.807) is 24.3 Å². The summed E-state index contributed by atoms with van der Waals surface area (Å²) in [5, 5.41) is 13.7. The Morgan fingerprint density at radius 3 is 2.61 bits per heavy atom. The molecule has 3 aromatic rings. The Kier molecular flexibility index (Phi) is 4.59. The van der Waals surface area contributed by atoms with Crippen molar-refractivity contribution in [2.75, 3.05) is 0 Å². The number of hydrogen-bond acceptors (Lipinski definition) is 4. The average Bonchev–Trinajstić information content (AvgIpc) is 2.87. The highest BCUT2D eigenvalue weighted by molar-refractivity contribution is 6.30. The Labute approximate surface area is 166 Å². The van der Waals surface area contributed by atoms with Gasteiger partial charge in [-0.05, 0) is 60.7 Å². The van der Waals surface area contributed by atoms with Crippen molar-refractivity contribution in [2.24, 2.45) is 15.6 Å². The molecule has 1 aromatic heterocycles. The van der Waals surface area contributed by atoms with E-state index in [1.165, 1.54) is 28.9 Å². The summed E-state index contributed by atoms with van der Waals surface area (Å²) in [6.45, 7) is 4.25. The first-order valence-corrected chi connectivity index (χ1v) is 9.29. The predicted octanol–water partition coefficient (Wildman–Crippen LogP) is 5.90. The van der Waals surface area contributed by atoms with Crippen molar-refractivity contribution in [3.8, 4) is 0 Å². The first-order chi connectivity index (χ1) is 13.3. The monoisotopic (exact) mass is 396 g/mol. The van der Waals surface area contributed by atoms with Gasteiger partial charge < -0.3 is 0 Å². The van der Waals surface area contributed by atoms with Crippen LogP contribution in [-0.4, -0.2) is 15.7 Å². The van der Waals surface area contributed by atoms with Gasteiger partial charge in [0.15, 0.2) is 0 Å². The van der Waals surface area contributed by atoms with Gasteiger partial charge in [0.1, 0.15) is 11.5 Å². The molecule has 1 heterocycles. The van der Waals surface area contributed by atoms with Crippen molar-refractivity contribution >= 4 is 28.9 Å². The summed E-state index contributed by atoms with van der Waals surface area (Å²) in [5.41, 5.74) is 3.02. The quantitative estimate of drug-likeness (QED) is 0.517. The Morgan fingerprint density at radius 1 is 1.14 bits per heavy atom. The molecule has 0 N–H and O–H groups in total. The molecule has 0 fully saturated rings. The van der Waals surface area contributed by atoms with Gasteiger partial charge in [-0.25, -0.2) is 4.39 Å². The Hall–Kier alpha value is -2.86. The summed E-state index contributed by atoms with van der Waals surface area (Å²) in [4.78, 5) is 12.9. The van der Waals surface area contributed by atoms with Crippen LogP contribution in [0.2, 0.25) is 5.02 Å². The molecule has 1 aliphatic carbocycles. The zero-order valence-corrected chi connectivity index (χ0v) is 16.2. The van der Waals surface area contributed by atoms with Crippen LogP contribution in [-0.2, 0) is 12.8 Å². The van der Waals surface area contributed by atoms with Gasteiger partial charge in [-0.2, -0.15) is 14.9 Å². The number of carbonyl (C=O) groups excluding carboxylic acids is 1. The van der Waals surface area contributed by atoms with Crippen LogP contribution in [0.15, 0.2) is 58.8 Å². The van der Waals surface area contributed by atoms with Gasteiger partial charge in [0.25, 0.3) is 5.91 Å². The molecule has 0 unspecified atom stereocenters. The summed E-state index contributed by atoms with van der Waals surface area (Å²) in [6, 6.07) is 12.5. The van der Waals surface area contributed by atoms with E-state index in [0.717, 1.165) is 5.69 Å². The van der Waals surface area contributed by atoms with Crippen LogP contribution in [0.1, 0.15) is 35.6 Å². The van der Waals surface area contributed by atoms with Crippen LogP contribution in [0.3, 0.4) is 0 Å². The lowest BCUT2D eigenvalue weighted by molar-refractivity contribution is 0.0941. The zero-order valence-electron chi connectivity index (χ0n) is 15.5. The summed E-state index contributed by atoms with van der Waals surface area (Å²) in [6.07, 6.45) is 1.32. The average molecular weight is 397 g/mol. The van der Waals surface area contributed by atoms with Gasteiger partial charge in [-0.15, -0.1) is 5.11 Å². The molecular weight excluding hydrogens is 379 g/mol. The van der Waals surface area contributed by atoms with Gasteiger partial charge in [0.2, 0.25) is 0 Å². The Morgan fingerprint density at radius 2 is 1.89 bits per heavy atom. The number of aromatic nitrogens is 2. The predicted molar refractivity (Wildman–Crippen MR) is 105 cm³/mol. The summed E-state index contributed by atoms with van der Waals surface area (Å²) < 4.78 is 14.6. The number of carbonyl (C=O) groups is 1. The van der Waals surface area contributed by atoms with Crippen molar-refractivity contribution in [1.29, 1.82) is 0 Å². The second-order valence-corrected chi connectivity index (χ2v) is 8.10. The molecule has 2 aromatic carbocycles. The SMILES string of the molecule is CC1(C)Cc2nn(C(=O)c3ccc(F)cc3)c(c2N=Nc2cccc(Cl)c2)C1. The maximum Gasteiger partial charge on any atom is 0.278 e. The summed E-state index contributed by atoms with van der Waals surface area (Å²) >= 11 is 6.00. The molecule has 0 radical (unpaired) electrons. The highest BCUT2D eigenvalue weighted by atomic mass is 35.5. The third-order valence-electron chi connectivity index (χ3n) is 4.67. The van der Waals surface area contributed by atoms with Gasteiger partial charge >= 0.3 is 0 Å². The molecule has 0 atom stereocenters. The number of nitrogens with zero attached hydrogens (tertiary/aromatic N) is 4. The van der Waals surface area contributed by atoms with E-state index in [0.29, 0.717) is 40.5 Å². The maximum atomic E-state index is 13.2. The Balaban J connectivity index is 1.75. The lowest BCUT2D eigenvalue weighted by atomic mass is 9.79. The number of hydrogen-bond donors (Lipinski definition) is 0. The molecule has 1 aliphatic rings. The number of fused-ring (bicyclic) bond motifs is 2. The number of azo groups is 1. The normalized spacial score (nSPS) is 15.1. The fourth-order valence-corrected chi connectivity index (χ4v) is 3.57. The molecule has 0 saturated carbocycles. The third kappa shape index (κ3) is 3.60. The van der Waals surface area contributed by atoms with E-state index in [2.05, 4.69) is 29.2 Å². The van der Waals surface area contributed by atoms with Crippen molar-refractivity contribution in [3.05, 3.63) is 76.3 Å². The third-order valence-corrected chi connectivity index (χ3v) is 4.91. The van der Waals surface area contributed by atoms with Crippen LogP contribution >= 0.6 is 11.6 Å². The first-order valence-electron chi connectivity index (χ1n) is 8.91. The van der Waals surface area contributed by atoms with Crippen molar-refractivity contribution < 1.29 is 9.18 Å². The van der Waals surface area contributed by atoms with Crippen LogP contribution < -0.4 is 0 Å². The Bertz CT molecular complexity index is 1090. The van der Waals surface area contributed by atoms with E-state index >= 15 is 0 Å². The van der Waals surface area contributed by atoms with E-state index in [9.17, 15) is 9.18 Å². The maximum absolute atomic E-state index is 13.2. The van der Waals surface area contributed by atoms with E-state index in [-0.39, 0.29) is 17.1 Å². The molecule has 0 spiro atoms. The lowest BCUT2D eigenvalue weighted by Crippen LogP contribution is -2.23. The van der Waals surface area contributed by atoms with Crippen LogP contribution in [0, 0.1) is 11.2 Å². The molecular formula is C21H18ClFN4O. The highest BCUT2D eigenvalue weighted by Gasteiger charge is 2.35. The van der Waals surface area contributed by atoms with Crippen LogP contribution in [0.25, 0.3) is 0 Å². The van der Waals surface area contributed by atoms with E-state index < -0.39 is 0 Å². The number of benzene rings is 2. The minimum Gasteiger partial charge on any atom is -0.267 e. The fourth-order valence-electron chi connectivity index (χ4n) is 3.39. The minimum absolute atomic E-state index is 0.0406. The largest absolute Gasteiger partial charge is 0.278 e. The summed E-state index contributed by atoms with van der Waals surface area (Å²) in [5.74, 6) is -0.697. The zero-order chi connectivity index (χ0) is 19.9. The molecule has 28 heavy (non-hydrogen) atoms. The van der Waals surface area contributed by atoms with Crippen LogP contribution in [0.5, 0.6) is 0 Å². The fraction of sp³-hybridized carbons (Fsp3) is 0.238. The molecule has 2 bridgehead atoms. The standard InChI is InChI=1S/C21H18ClFN4O/c1-21(2)11-17-19(25-24-16-5-3-4-14(22)10-16)18(12-21)27(26-17)20(28)13-6-8-15(23)9-7-13/h3-10H,11-12H2,1-2H3. The lowest BCUT2D eigenvalue weighted by Gasteiger charge is -2.26. The molecule has 7 heteroatoms. The first kappa shape index (κ1) is 18.5. The molecule has 5 nitrogen and oxygen atoms in total. The molecule has 4 rings (SSSR count). The van der Waals surface area contributed by atoms with Gasteiger partial charge in [0, 0.05) is 10.6 Å². The number of rotatable bonds is 3. The van der Waals surface area contributed by atoms with Crippen molar-refractivity contribution in [3.63, 3.8) is 0 Å². The van der Waals surface area contributed by atoms with E-state index in [4.69, 9.17) is 11.6 Å². The van der Waals surface area contributed by atoms with Gasteiger partial charge in [-0.1, -0.05) is 31.5 Å². The molecule has 0 aliphatic heterocycles. The molecule has 0 saturated heterocycles. The van der Waals surface area contributed by atoms with Gasteiger partial charge in [-0.3, -0.25) is 4.79 Å². The van der Waals surface area contributed by atoms with Gasteiger partial charge in [0.05, 0.1) is 17.1 Å². The molecule has 0 amide bonds.